The smallest absolute Gasteiger partial charge is 0.229 e. The molecule has 2 amide bonds. The van der Waals surface area contributed by atoms with E-state index >= 15 is 0 Å². The standard InChI is InChI=1S/C10H10N2O2/c13-9-5-1-3-7(11-9)6-2-4-8(5)12-10(6)14/h1-8H,(H,11,13)(H,12,14)/t5-,6+,7-,8-/m0/s1. The molecule has 14 heavy (non-hydrogen) atoms. The zero-order valence-electron chi connectivity index (χ0n) is 7.44. The molecule has 5 heterocycles. The Labute approximate surface area is 81.0 Å². The topological polar surface area (TPSA) is 58.2 Å². The third-order valence-corrected chi connectivity index (χ3v) is 3.05. The maximum Gasteiger partial charge on any atom is 0.229 e. The molecule has 0 radical (unpaired) electrons. The number of hydrogen-bond acceptors (Lipinski definition) is 2. The van der Waals surface area contributed by atoms with Crippen LogP contribution in [0.1, 0.15) is 0 Å². The molecule has 4 heteroatoms. The largest absolute Gasteiger partial charge is 0.348 e. The van der Waals surface area contributed by atoms with E-state index < -0.39 is 0 Å². The summed E-state index contributed by atoms with van der Waals surface area (Å²) >= 11 is 0. The normalized spacial score (nSPS) is 43.1. The highest BCUT2D eigenvalue weighted by Crippen LogP contribution is 2.26. The SMILES string of the molecule is O=C1N[C@H]2C=C[C@H]1[C@@H]1C=C[C@H]2C(=O)N1. The summed E-state index contributed by atoms with van der Waals surface area (Å²) in [4.78, 5) is 23.2. The van der Waals surface area contributed by atoms with Crippen molar-refractivity contribution in [1.29, 1.82) is 0 Å². The minimum Gasteiger partial charge on any atom is -0.348 e. The third kappa shape index (κ3) is 0.880. The van der Waals surface area contributed by atoms with Gasteiger partial charge in [0.1, 0.15) is 0 Å². The van der Waals surface area contributed by atoms with Gasteiger partial charge in [-0.2, -0.15) is 0 Å². The highest BCUT2D eigenvalue weighted by Gasteiger charge is 2.41. The van der Waals surface area contributed by atoms with E-state index in [0.717, 1.165) is 0 Å². The number of carbonyl (C=O) groups is 2. The van der Waals surface area contributed by atoms with Crippen molar-refractivity contribution < 1.29 is 9.59 Å². The molecule has 4 nitrogen and oxygen atoms in total. The van der Waals surface area contributed by atoms with Gasteiger partial charge in [-0.3, -0.25) is 9.59 Å². The van der Waals surface area contributed by atoms with Gasteiger partial charge >= 0.3 is 0 Å². The van der Waals surface area contributed by atoms with E-state index in [1.807, 2.05) is 24.3 Å². The van der Waals surface area contributed by atoms with E-state index in [4.69, 9.17) is 0 Å². The quantitative estimate of drug-likeness (QED) is 0.498. The number of carbonyl (C=O) groups excluding carboxylic acids is 2. The average Bonchev–Trinajstić information content (AvgIpc) is 2.13. The minimum atomic E-state index is -0.243. The molecule has 0 aromatic rings. The Balaban J connectivity index is 2.12. The predicted molar refractivity (Wildman–Crippen MR) is 49.1 cm³/mol. The van der Waals surface area contributed by atoms with Crippen LogP contribution in [0.5, 0.6) is 0 Å². The van der Waals surface area contributed by atoms with Crippen molar-refractivity contribution in [1.82, 2.24) is 10.6 Å². The molecule has 1 aliphatic carbocycles. The van der Waals surface area contributed by atoms with Gasteiger partial charge in [-0.15, -0.1) is 0 Å². The fraction of sp³-hybridized carbons (Fsp3) is 0.400. The van der Waals surface area contributed by atoms with Crippen LogP contribution >= 0.6 is 0 Å². The highest BCUT2D eigenvalue weighted by atomic mass is 16.2. The van der Waals surface area contributed by atoms with Crippen LogP contribution in [-0.4, -0.2) is 23.9 Å². The molecule has 0 unspecified atom stereocenters. The molecule has 0 saturated carbocycles. The monoisotopic (exact) mass is 190 g/mol. The molecule has 2 N–H and O–H groups in total. The summed E-state index contributed by atoms with van der Waals surface area (Å²) in [6, 6.07) is -0.340. The second kappa shape index (κ2) is 2.47. The maximum atomic E-state index is 11.6. The van der Waals surface area contributed by atoms with Gasteiger partial charge in [0.15, 0.2) is 0 Å². The highest BCUT2D eigenvalue weighted by molar-refractivity contribution is 5.91. The van der Waals surface area contributed by atoms with E-state index in [2.05, 4.69) is 10.6 Å². The van der Waals surface area contributed by atoms with Gasteiger partial charge in [-0.05, 0) is 0 Å². The van der Waals surface area contributed by atoms with Crippen LogP contribution in [0.3, 0.4) is 0 Å². The van der Waals surface area contributed by atoms with Crippen LogP contribution in [0.4, 0.5) is 0 Å². The lowest BCUT2D eigenvalue weighted by Gasteiger charge is -2.38. The van der Waals surface area contributed by atoms with E-state index in [-0.39, 0.29) is 35.7 Å². The lowest BCUT2D eigenvalue weighted by molar-refractivity contribution is -0.131. The van der Waals surface area contributed by atoms with Gasteiger partial charge in [0.2, 0.25) is 11.8 Å². The van der Waals surface area contributed by atoms with Gasteiger partial charge in [0.05, 0.1) is 23.9 Å². The van der Waals surface area contributed by atoms with Gasteiger partial charge in [0.25, 0.3) is 0 Å². The second-order valence-corrected chi connectivity index (χ2v) is 3.89. The summed E-state index contributed by atoms with van der Waals surface area (Å²) in [7, 11) is 0. The maximum absolute atomic E-state index is 11.6. The Morgan fingerprint density at radius 1 is 0.786 bits per heavy atom. The first kappa shape index (κ1) is 7.79. The number of rotatable bonds is 0. The Morgan fingerprint density at radius 3 is 1.57 bits per heavy atom. The van der Waals surface area contributed by atoms with Crippen LogP contribution in [0.25, 0.3) is 0 Å². The van der Waals surface area contributed by atoms with E-state index in [0.29, 0.717) is 0 Å². The average molecular weight is 190 g/mol. The lowest BCUT2D eigenvalue weighted by Crippen LogP contribution is -2.60. The van der Waals surface area contributed by atoms with Gasteiger partial charge in [-0.25, -0.2) is 0 Å². The van der Waals surface area contributed by atoms with Crippen molar-refractivity contribution in [3.63, 3.8) is 0 Å². The fourth-order valence-electron chi connectivity index (χ4n) is 2.26. The summed E-state index contributed by atoms with van der Waals surface area (Å²) < 4.78 is 0. The van der Waals surface area contributed by atoms with E-state index in [1.54, 1.807) is 0 Å². The molecule has 0 aromatic carbocycles. The molecule has 5 aliphatic heterocycles. The third-order valence-electron chi connectivity index (χ3n) is 3.05. The number of hydrogen-bond donors (Lipinski definition) is 2. The lowest BCUT2D eigenvalue weighted by atomic mass is 9.81. The van der Waals surface area contributed by atoms with Crippen molar-refractivity contribution in [2.75, 3.05) is 0 Å². The molecule has 0 aromatic heterocycles. The van der Waals surface area contributed by atoms with Crippen molar-refractivity contribution in [3.8, 4) is 0 Å². The number of nitrogens with one attached hydrogen (secondary N) is 2. The zero-order valence-corrected chi connectivity index (χ0v) is 7.44. The molecule has 72 valence electrons. The van der Waals surface area contributed by atoms with Crippen LogP contribution in [0, 0.1) is 11.8 Å². The number of amides is 2. The van der Waals surface area contributed by atoms with Crippen LogP contribution in [0.2, 0.25) is 0 Å². The first-order chi connectivity index (χ1) is 6.75. The first-order valence-corrected chi connectivity index (χ1v) is 4.73. The second-order valence-electron chi connectivity index (χ2n) is 3.89. The Bertz CT molecular complexity index is 336. The Hall–Kier alpha value is -1.58. The van der Waals surface area contributed by atoms with Gasteiger partial charge in [0, 0.05) is 0 Å². The van der Waals surface area contributed by atoms with Gasteiger partial charge < -0.3 is 10.6 Å². The fourth-order valence-corrected chi connectivity index (χ4v) is 2.26. The van der Waals surface area contributed by atoms with Crippen LogP contribution < -0.4 is 10.6 Å². The molecular weight excluding hydrogens is 180 g/mol. The summed E-state index contributed by atoms with van der Waals surface area (Å²) in [6.07, 6.45) is 7.63. The van der Waals surface area contributed by atoms with E-state index in [1.165, 1.54) is 0 Å². The summed E-state index contributed by atoms with van der Waals surface area (Å²) in [5.41, 5.74) is 0. The summed E-state index contributed by atoms with van der Waals surface area (Å²) in [6.45, 7) is 0. The summed E-state index contributed by atoms with van der Waals surface area (Å²) in [5.74, 6) is -0.464. The summed E-state index contributed by atoms with van der Waals surface area (Å²) in [5, 5.41) is 5.68. The van der Waals surface area contributed by atoms with Crippen LogP contribution in [-0.2, 0) is 9.59 Å². The van der Waals surface area contributed by atoms with E-state index in [9.17, 15) is 9.59 Å². The first-order valence-electron chi connectivity index (χ1n) is 4.73. The molecule has 6 aliphatic rings. The Morgan fingerprint density at radius 2 is 1.21 bits per heavy atom. The van der Waals surface area contributed by atoms with Crippen LogP contribution in [0.15, 0.2) is 24.3 Å². The van der Waals surface area contributed by atoms with Crippen molar-refractivity contribution in [3.05, 3.63) is 24.3 Å². The molecule has 6 rings (SSSR count). The molecule has 0 spiro atoms. The molecule has 1 fully saturated rings. The minimum absolute atomic E-state index is 0.0110. The van der Waals surface area contributed by atoms with Crippen molar-refractivity contribution in [2.45, 2.75) is 12.1 Å². The van der Waals surface area contributed by atoms with Crippen molar-refractivity contribution >= 4 is 11.8 Å². The van der Waals surface area contributed by atoms with Crippen molar-refractivity contribution in [2.24, 2.45) is 11.8 Å². The van der Waals surface area contributed by atoms with Gasteiger partial charge in [-0.1, -0.05) is 24.3 Å². The molecule has 1 saturated heterocycles. The molecule has 4 bridgehead atoms. The molecular formula is C10H10N2O2. The predicted octanol–water partition coefficient (Wildman–Crippen LogP) is -0.658. The molecule has 4 atom stereocenters. The Kier molecular flexibility index (Phi) is 1.37. The zero-order chi connectivity index (χ0) is 9.71.